The molecule has 3 aromatic rings. The van der Waals surface area contributed by atoms with Crippen LogP contribution < -0.4 is 0 Å². The summed E-state index contributed by atoms with van der Waals surface area (Å²) in [7, 11) is 0. The van der Waals surface area contributed by atoms with E-state index in [2.05, 4.69) is 9.97 Å². The second-order valence-corrected chi connectivity index (χ2v) is 6.53. The van der Waals surface area contributed by atoms with E-state index in [4.69, 9.17) is 16.7 Å². The van der Waals surface area contributed by atoms with Gasteiger partial charge < -0.3 is 9.67 Å². The van der Waals surface area contributed by atoms with E-state index in [9.17, 15) is 4.79 Å². The molecule has 1 aromatic carbocycles. The predicted molar refractivity (Wildman–Crippen MR) is 84.3 cm³/mol. The van der Waals surface area contributed by atoms with E-state index in [-0.39, 0.29) is 5.75 Å². The Kier molecular flexibility index (Phi) is 4.14. The zero-order chi connectivity index (χ0) is 14.8. The zero-order valence-electron chi connectivity index (χ0n) is 10.7. The average molecular weight is 340 g/mol. The largest absolute Gasteiger partial charge is 0.481 e. The third kappa shape index (κ3) is 3.04. The summed E-state index contributed by atoms with van der Waals surface area (Å²) in [5.41, 5.74) is 1.56. The number of thiazole rings is 1. The van der Waals surface area contributed by atoms with E-state index in [1.807, 2.05) is 22.1 Å². The lowest BCUT2D eigenvalue weighted by Crippen LogP contribution is -2.04. The van der Waals surface area contributed by atoms with Crippen molar-refractivity contribution in [1.82, 2.24) is 14.5 Å². The van der Waals surface area contributed by atoms with Crippen molar-refractivity contribution in [3.63, 3.8) is 0 Å². The number of hydrogen-bond acceptors (Lipinski definition) is 5. The summed E-state index contributed by atoms with van der Waals surface area (Å²) in [5.74, 6) is -0.919. The maximum atomic E-state index is 10.8. The van der Waals surface area contributed by atoms with Gasteiger partial charge in [0.1, 0.15) is 5.01 Å². The summed E-state index contributed by atoms with van der Waals surface area (Å²) in [5, 5.41) is 12.9. The van der Waals surface area contributed by atoms with E-state index in [1.165, 1.54) is 11.8 Å². The Morgan fingerprint density at radius 1 is 1.48 bits per heavy atom. The lowest BCUT2D eigenvalue weighted by molar-refractivity contribution is -0.133. The number of nitrogens with zero attached hydrogens (tertiary/aromatic N) is 3. The number of hydrogen-bond donors (Lipinski definition) is 1. The molecule has 21 heavy (non-hydrogen) atoms. The monoisotopic (exact) mass is 339 g/mol. The molecule has 0 aliphatic rings. The number of fused-ring (bicyclic) bond motifs is 1. The average Bonchev–Trinajstić information content (AvgIpc) is 3.06. The summed E-state index contributed by atoms with van der Waals surface area (Å²) < 4.78 is 1.92. The van der Waals surface area contributed by atoms with E-state index in [0.29, 0.717) is 16.7 Å². The molecule has 0 fully saturated rings. The molecule has 3 rings (SSSR count). The number of aromatic nitrogens is 3. The minimum Gasteiger partial charge on any atom is -0.481 e. The maximum absolute atomic E-state index is 10.8. The number of thioether (sulfide) groups is 1. The van der Waals surface area contributed by atoms with E-state index >= 15 is 0 Å². The van der Waals surface area contributed by atoms with E-state index in [0.717, 1.165) is 16.0 Å². The van der Waals surface area contributed by atoms with Gasteiger partial charge in [-0.25, -0.2) is 9.97 Å². The van der Waals surface area contributed by atoms with Crippen LogP contribution in [0.4, 0.5) is 0 Å². The summed E-state index contributed by atoms with van der Waals surface area (Å²) in [6, 6.07) is 5.50. The minimum atomic E-state index is -0.876. The van der Waals surface area contributed by atoms with Crippen molar-refractivity contribution in [2.75, 3.05) is 5.75 Å². The molecule has 108 valence electrons. The molecule has 0 saturated heterocycles. The van der Waals surface area contributed by atoms with Gasteiger partial charge in [-0.3, -0.25) is 4.79 Å². The van der Waals surface area contributed by atoms with Crippen LogP contribution in [0.2, 0.25) is 5.02 Å². The number of carboxylic acid groups (broad SMARTS) is 1. The summed E-state index contributed by atoms with van der Waals surface area (Å²) in [4.78, 5) is 19.5. The molecule has 0 bridgehead atoms. The van der Waals surface area contributed by atoms with Crippen LogP contribution in [-0.4, -0.2) is 31.4 Å². The molecule has 0 aliphatic carbocycles. The Labute approximate surface area is 133 Å². The van der Waals surface area contributed by atoms with Gasteiger partial charge in [0.15, 0.2) is 5.16 Å². The van der Waals surface area contributed by atoms with Crippen LogP contribution >= 0.6 is 34.7 Å². The van der Waals surface area contributed by atoms with Gasteiger partial charge in [-0.15, -0.1) is 11.3 Å². The first-order chi connectivity index (χ1) is 10.1. The first-order valence-corrected chi connectivity index (χ1v) is 8.27. The topological polar surface area (TPSA) is 68.0 Å². The molecular formula is C13H10ClN3O2S2. The Morgan fingerprint density at radius 3 is 3.05 bits per heavy atom. The number of aliphatic carboxylic acids is 1. The van der Waals surface area contributed by atoms with Crippen LogP contribution in [0, 0.1) is 0 Å². The van der Waals surface area contributed by atoms with Crippen molar-refractivity contribution in [2.24, 2.45) is 0 Å². The highest BCUT2D eigenvalue weighted by molar-refractivity contribution is 7.99. The zero-order valence-corrected chi connectivity index (χ0v) is 13.1. The van der Waals surface area contributed by atoms with Crippen molar-refractivity contribution < 1.29 is 9.90 Å². The van der Waals surface area contributed by atoms with Crippen LogP contribution in [0.1, 0.15) is 5.01 Å². The lowest BCUT2D eigenvalue weighted by Gasteiger charge is -2.07. The molecule has 0 spiro atoms. The number of halogens is 1. The van der Waals surface area contributed by atoms with E-state index in [1.54, 1.807) is 23.6 Å². The fraction of sp³-hybridized carbons (Fsp3) is 0.154. The van der Waals surface area contributed by atoms with Crippen LogP contribution in [-0.2, 0) is 11.3 Å². The predicted octanol–water partition coefficient (Wildman–Crippen LogP) is 3.37. The Balaban J connectivity index is 2.07. The quantitative estimate of drug-likeness (QED) is 0.722. The lowest BCUT2D eigenvalue weighted by atomic mass is 10.3. The third-order valence-corrected chi connectivity index (χ3v) is 4.81. The molecule has 5 nitrogen and oxygen atoms in total. The number of para-hydroxylation sites is 1. The molecule has 0 radical (unpaired) electrons. The number of carboxylic acids is 1. The van der Waals surface area contributed by atoms with Crippen molar-refractivity contribution in [2.45, 2.75) is 11.7 Å². The first kappa shape index (κ1) is 14.4. The van der Waals surface area contributed by atoms with Gasteiger partial charge >= 0.3 is 5.97 Å². The van der Waals surface area contributed by atoms with Crippen LogP contribution in [0.25, 0.3) is 11.0 Å². The smallest absolute Gasteiger partial charge is 0.313 e. The van der Waals surface area contributed by atoms with Crippen molar-refractivity contribution >= 4 is 51.7 Å². The standard InChI is InChI=1S/C13H10ClN3O2S2/c14-8-2-1-3-9-12(8)17(6-10-15-4-5-20-10)13(16-9)21-7-11(18)19/h1-5H,6-7H2,(H,18,19). The van der Waals surface area contributed by atoms with Crippen molar-refractivity contribution in [3.8, 4) is 0 Å². The summed E-state index contributed by atoms with van der Waals surface area (Å²) >= 11 is 9.00. The molecule has 2 heterocycles. The highest BCUT2D eigenvalue weighted by atomic mass is 35.5. The molecule has 1 N–H and O–H groups in total. The second-order valence-electron chi connectivity index (χ2n) is 4.20. The molecule has 8 heteroatoms. The van der Waals surface area contributed by atoms with Gasteiger partial charge in [0, 0.05) is 11.6 Å². The SMILES string of the molecule is O=C(O)CSc1nc2cccc(Cl)c2n1Cc1nccs1. The van der Waals surface area contributed by atoms with Gasteiger partial charge in [-0.2, -0.15) is 0 Å². The van der Waals surface area contributed by atoms with Crippen molar-refractivity contribution in [3.05, 3.63) is 39.8 Å². The number of rotatable bonds is 5. The second kappa shape index (κ2) is 6.05. The minimum absolute atomic E-state index is 0.0428. The van der Waals surface area contributed by atoms with Gasteiger partial charge in [0.2, 0.25) is 0 Å². The number of carbonyl (C=O) groups is 1. The summed E-state index contributed by atoms with van der Waals surface area (Å²) in [6.07, 6.45) is 1.74. The maximum Gasteiger partial charge on any atom is 0.313 e. The molecule has 0 unspecified atom stereocenters. The Morgan fingerprint density at radius 2 is 2.33 bits per heavy atom. The van der Waals surface area contributed by atoms with Crippen LogP contribution in [0.3, 0.4) is 0 Å². The molecule has 0 amide bonds. The molecule has 0 saturated carbocycles. The van der Waals surface area contributed by atoms with Crippen molar-refractivity contribution in [1.29, 1.82) is 0 Å². The normalized spacial score (nSPS) is 11.1. The Bertz CT molecular complexity index is 786. The Hall–Kier alpha value is -1.57. The van der Waals surface area contributed by atoms with Gasteiger partial charge in [-0.05, 0) is 12.1 Å². The number of benzene rings is 1. The summed E-state index contributed by atoms with van der Waals surface area (Å²) in [6.45, 7) is 0.528. The van der Waals surface area contributed by atoms with Crippen LogP contribution in [0.15, 0.2) is 34.9 Å². The molecular weight excluding hydrogens is 330 g/mol. The highest BCUT2D eigenvalue weighted by Crippen LogP contribution is 2.30. The van der Waals surface area contributed by atoms with Gasteiger partial charge in [0.05, 0.1) is 28.4 Å². The van der Waals surface area contributed by atoms with Crippen LogP contribution in [0.5, 0.6) is 0 Å². The molecule has 0 aliphatic heterocycles. The van der Waals surface area contributed by atoms with Gasteiger partial charge in [-0.1, -0.05) is 29.4 Å². The highest BCUT2D eigenvalue weighted by Gasteiger charge is 2.16. The molecule has 2 aromatic heterocycles. The molecule has 0 atom stereocenters. The fourth-order valence-corrected chi connectivity index (χ4v) is 3.57. The third-order valence-electron chi connectivity index (χ3n) is 2.78. The fourth-order valence-electron chi connectivity index (χ4n) is 1.97. The number of imidazole rings is 1. The first-order valence-electron chi connectivity index (χ1n) is 6.03. The van der Waals surface area contributed by atoms with E-state index < -0.39 is 5.97 Å². The van der Waals surface area contributed by atoms with Gasteiger partial charge in [0.25, 0.3) is 0 Å².